The van der Waals surface area contributed by atoms with E-state index in [1.54, 1.807) is 7.11 Å². The summed E-state index contributed by atoms with van der Waals surface area (Å²) in [5.74, 6) is 0.794. The number of furan rings is 1. The van der Waals surface area contributed by atoms with Gasteiger partial charge in [-0.25, -0.2) is 4.79 Å². The zero-order valence-electron chi connectivity index (χ0n) is 16.2. The maximum absolute atomic E-state index is 11.9. The molecular formula is C22H25NO4. The highest BCUT2D eigenvalue weighted by molar-refractivity contribution is 5.92. The van der Waals surface area contributed by atoms with Gasteiger partial charge in [0.1, 0.15) is 23.6 Å². The first kappa shape index (κ1) is 19.0. The van der Waals surface area contributed by atoms with Gasteiger partial charge in [0.05, 0.1) is 0 Å². The van der Waals surface area contributed by atoms with Crippen LogP contribution in [0, 0.1) is 0 Å². The fourth-order valence-corrected chi connectivity index (χ4v) is 2.89. The highest BCUT2D eigenvalue weighted by atomic mass is 16.6. The van der Waals surface area contributed by atoms with E-state index in [0.717, 1.165) is 33.4 Å². The Balaban J connectivity index is 1.81. The van der Waals surface area contributed by atoms with Crippen molar-refractivity contribution in [2.75, 3.05) is 7.11 Å². The number of fused-ring (bicyclic) bond motifs is 1. The standard InChI is InChI=1S/C22H25NO4/c1-22(2,3)27-21(24)23-13-15-7-5-8-16(11-15)19-10-6-9-17-12-18(14-25-4)26-20(17)19/h5-12H,13-14H2,1-4H3,(H,23,24). The molecule has 27 heavy (non-hydrogen) atoms. The number of hydrogen-bond donors (Lipinski definition) is 1. The number of benzene rings is 2. The lowest BCUT2D eigenvalue weighted by Crippen LogP contribution is -2.32. The third kappa shape index (κ3) is 4.89. The summed E-state index contributed by atoms with van der Waals surface area (Å²) in [7, 11) is 1.65. The molecule has 0 aliphatic rings. The van der Waals surface area contributed by atoms with E-state index >= 15 is 0 Å². The Labute approximate surface area is 159 Å². The normalized spacial score (nSPS) is 11.6. The van der Waals surface area contributed by atoms with Crippen molar-refractivity contribution in [3.05, 3.63) is 59.9 Å². The third-order valence-corrected chi connectivity index (χ3v) is 3.96. The summed E-state index contributed by atoms with van der Waals surface area (Å²) < 4.78 is 16.4. The van der Waals surface area contributed by atoms with Gasteiger partial charge in [-0.1, -0.05) is 36.4 Å². The van der Waals surface area contributed by atoms with Crippen LogP contribution in [0.1, 0.15) is 32.1 Å². The number of para-hydroxylation sites is 1. The van der Waals surface area contributed by atoms with Gasteiger partial charge in [-0.05, 0) is 44.0 Å². The van der Waals surface area contributed by atoms with Crippen molar-refractivity contribution >= 4 is 17.1 Å². The zero-order chi connectivity index (χ0) is 19.4. The second kappa shape index (κ2) is 7.84. The second-order valence-corrected chi connectivity index (χ2v) is 7.43. The van der Waals surface area contributed by atoms with Crippen molar-refractivity contribution in [2.24, 2.45) is 0 Å². The monoisotopic (exact) mass is 367 g/mol. The second-order valence-electron chi connectivity index (χ2n) is 7.43. The molecule has 142 valence electrons. The number of hydrogen-bond acceptors (Lipinski definition) is 4. The van der Waals surface area contributed by atoms with E-state index in [-0.39, 0.29) is 0 Å². The molecule has 2 aromatic carbocycles. The molecule has 0 fully saturated rings. The van der Waals surface area contributed by atoms with Crippen molar-refractivity contribution in [2.45, 2.75) is 39.5 Å². The van der Waals surface area contributed by atoms with Crippen LogP contribution < -0.4 is 5.32 Å². The van der Waals surface area contributed by atoms with Gasteiger partial charge in [0.25, 0.3) is 0 Å². The number of nitrogens with one attached hydrogen (secondary N) is 1. The molecule has 5 heteroatoms. The summed E-state index contributed by atoms with van der Waals surface area (Å²) in [4.78, 5) is 11.9. The van der Waals surface area contributed by atoms with Gasteiger partial charge < -0.3 is 19.2 Å². The van der Waals surface area contributed by atoms with Crippen molar-refractivity contribution in [3.8, 4) is 11.1 Å². The minimum Gasteiger partial charge on any atom is -0.458 e. The Morgan fingerprint density at radius 1 is 1.11 bits per heavy atom. The largest absolute Gasteiger partial charge is 0.458 e. The minimum atomic E-state index is -0.513. The fourth-order valence-electron chi connectivity index (χ4n) is 2.89. The van der Waals surface area contributed by atoms with Gasteiger partial charge in [-0.3, -0.25) is 0 Å². The van der Waals surface area contributed by atoms with Gasteiger partial charge in [0, 0.05) is 24.6 Å². The Hall–Kier alpha value is -2.79. The molecule has 0 spiro atoms. The molecule has 1 aromatic heterocycles. The average Bonchev–Trinajstić information content (AvgIpc) is 3.01. The van der Waals surface area contributed by atoms with Gasteiger partial charge in [0.2, 0.25) is 0 Å². The molecule has 5 nitrogen and oxygen atoms in total. The van der Waals surface area contributed by atoms with Crippen LogP contribution in [0.4, 0.5) is 4.79 Å². The predicted octanol–water partition coefficient (Wildman–Crippen LogP) is 5.27. The predicted molar refractivity (Wildman–Crippen MR) is 105 cm³/mol. The smallest absolute Gasteiger partial charge is 0.407 e. The van der Waals surface area contributed by atoms with Crippen LogP contribution in [0.25, 0.3) is 22.1 Å². The molecule has 0 aliphatic heterocycles. The van der Waals surface area contributed by atoms with Crippen LogP contribution in [0.5, 0.6) is 0 Å². The molecule has 3 aromatic rings. The van der Waals surface area contributed by atoms with Crippen LogP contribution in [-0.4, -0.2) is 18.8 Å². The summed E-state index contributed by atoms with van der Waals surface area (Å²) in [6.45, 7) is 6.36. The Morgan fingerprint density at radius 2 is 1.89 bits per heavy atom. The highest BCUT2D eigenvalue weighted by Gasteiger charge is 2.16. The number of ether oxygens (including phenoxy) is 2. The Kier molecular flexibility index (Phi) is 5.51. The molecule has 0 atom stereocenters. The number of methoxy groups -OCH3 is 1. The maximum atomic E-state index is 11.9. The minimum absolute atomic E-state index is 0.395. The topological polar surface area (TPSA) is 60.7 Å². The molecule has 0 saturated heterocycles. The zero-order valence-corrected chi connectivity index (χ0v) is 16.2. The number of amides is 1. The summed E-state index contributed by atoms with van der Waals surface area (Å²) in [5.41, 5.74) is 3.35. The summed E-state index contributed by atoms with van der Waals surface area (Å²) >= 11 is 0. The van der Waals surface area contributed by atoms with E-state index in [9.17, 15) is 4.79 Å². The number of carbonyl (C=O) groups excluding carboxylic acids is 1. The molecule has 1 amide bonds. The summed E-state index contributed by atoms with van der Waals surface area (Å²) in [6.07, 6.45) is -0.426. The van der Waals surface area contributed by atoms with Crippen LogP contribution in [0.15, 0.2) is 52.9 Å². The van der Waals surface area contributed by atoms with Crippen LogP contribution in [0.3, 0.4) is 0 Å². The molecule has 1 heterocycles. The molecule has 0 bridgehead atoms. The number of rotatable bonds is 5. The van der Waals surface area contributed by atoms with Crippen molar-refractivity contribution < 1.29 is 18.7 Å². The van der Waals surface area contributed by atoms with E-state index in [1.165, 1.54) is 0 Å². The first-order valence-corrected chi connectivity index (χ1v) is 8.92. The van der Waals surface area contributed by atoms with Gasteiger partial charge in [-0.2, -0.15) is 0 Å². The third-order valence-electron chi connectivity index (χ3n) is 3.96. The lowest BCUT2D eigenvalue weighted by Gasteiger charge is -2.19. The molecule has 0 radical (unpaired) electrons. The van der Waals surface area contributed by atoms with E-state index in [0.29, 0.717) is 13.2 Å². The molecular weight excluding hydrogens is 342 g/mol. The van der Waals surface area contributed by atoms with Crippen LogP contribution in [-0.2, 0) is 22.6 Å². The van der Waals surface area contributed by atoms with Gasteiger partial charge >= 0.3 is 6.09 Å². The lowest BCUT2D eigenvalue weighted by atomic mass is 10.0. The van der Waals surface area contributed by atoms with E-state index in [1.807, 2.05) is 69.3 Å². The first-order chi connectivity index (χ1) is 12.9. The van der Waals surface area contributed by atoms with Crippen LogP contribution >= 0.6 is 0 Å². The fraction of sp³-hybridized carbons (Fsp3) is 0.318. The average molecular weight is 367 g/mol. The van der Waals surface area contributed by atoms with Crippen molar-refractivity contribution in [1.29, 1.82) is 0 Å². The van der Waals surface area contributed by atoms with E-state index < -0.39 is 11.7 Å². The lowest BCUT2D eigenvalue weighted by molar-refractivity contribution is 0.0523. The molecule has 0 aliphatic carbocycles. The highest BCUT2D eigenvalue weighted by Crippen LogP contribution is 2.31. The van der Waals surface area contributed by atoms with Gasteiger partial charge in [-0.15, -0.1) is 0 Å². The van der Waals surface area contributed by atoms with Gasteiger partial charge in [0.15, 0.2) is 0 Å². The molecule has 0 unspecified atom stereocenters. The molecule has 3 rings (SSSR count). The Morgan fingerprint density at radius 3 is 2.63 bits per heavy atom. The maximum Gasteiger partial charge on any atom is 0.407 e. The quantitative estimate of drug-likeness (QED) is 0.667. The van der Waals surface area contributed by atoms with Crippen molar-refractivity contribution in [1.82, 2.24) is 5.32 Å². The first-order valence-electron chi connectivity index (χ1n) is 8.92. The number of alkyl carbamates (subject to hydrolysis) is 1. The SMILES string of the molecule is COCc1cc2cccc(-c3cccc(CNC(=O)OC(C)(C)C)c3)c2o1. The van der Waals surface area contributed by atoms with Crippen LogP contribution in [0.2, 0.25) is 0 Å². The Bertz CT molecular complexity index is 937. The summed E-state index contributed by atoms with van der Waals surface area (Å²) in [5, 5.41) is 3.83. The molecule has 1 N–H and O–H groups in total. The van der Waals surface area contributed by atoms with E-state index in [4.69, 9.17) is 13.9 Å². The van der Waals surface area contributed by atoms with E-state index in [2.05, 4.69) is 5.32 Å². The van der Waals surface area contributed by atoms with Crippen molar-refractivity contribution in [3.63, 3.8) is 0 Å². The molecule has 0 saturated carbocycles. The summed E-state index contributed by atoms with van der Waals surface area (Å²) in [6, 6.07) is 16.1. The number of carbonyl (C=O) groups is 1.